The maximum absolute atomic E-state index is 5.40. The summed E-state index contributed by atoms with van der Waals surface area (Å²) in [5.74, 6) is 0.707. The number of allylic oxidation sites excluding steroid dienone is 1. The molecule has 0 amide bonds. The van der Waals surface area contributed by atoms with Gasteiger partial charge in [-0.3, -0.25) is 0 Å². The second-order valence-corrected chi connectivity index (χ2v) is 6.36. The van der Waals surface area contributed by atoms with Gasteiger partial charge in [0.1, 0.15) is 0 Å². The summed E-state index contributed by atoms with van der Waals surface area (Å²) in [7, 11) is 0. The molecule has 0 bridgehead atoms. The highest BCUT2D eigenvalue weighted by Crippen LogP contribution is 2.31. The van der Waals surface area contributed by atoms with Crippen LogP contribution in [0.15, 0.2) is 36.8 Å². The second kappa shape index (κ2) is 5.93. The van der Waals surface area contributed by atoms with Crippen molar-refractivity contribution in [1.82, 2.24) is 24.6 Å². The lowest BCUT2D eigenvalue weighted by molar-refractivity contribution is 0.0903. The molecule has 0 radical (unpaired) electrons. The largest absolute Gasteiger partial charge is 0.381 e. The molecule has 1 aliphatic heterocycles. The molecule has 5 rings (SSSR count). The molecule has 7 nitrogen and oxygen atoms in total. The van der Waals surface area contributed by atoms with Crippen LogP contribution in [0, 0.1) is 0 Å². The number of imidazole rings is 1. The molecule has 3 aromatic rings. The van der Waals surface area contributed by atoms with Crippen LogP contribution in [0.5, 0.6) is 0 Å². The van der Waals surface area contributed by atoms with E-state index in [1.54, 1.807) is 10.7 Å². The molecule has 0 unspecified atom stereocenters. The van der Waals surface area contributed by atoms with Gasteiger partial charge in [0.05, 0.1) is 11.4 Å². The van der Waals surface area contributed by atoms with E-state index in [-0.39, 0.29) is 1.43 Å². The number of hydrogen-bond donors (Lipinski definition) is 1. The van der Waals surface area contributed by atoms with Crippen LogP contribution in [0.3, 0.4) is 0 Å². The Labute approximate surface area is 146 Å². The lowest BCUT2D eigenvalue weighted by atomic mass is 10.1. The van der Waals surface area contributed by atoms with Crippen molar-refractivity contribution in [2.45, 2.75) is 25.3 Å². The van der Waals surface area contributed by atoms with E-state index in [4.69, 9.17) is 9.72 Å². The molecule has 7 heteroatoms. The molecule has 1 N–H and O–H groups in total. The Morgan fingerprint density at radius 2 is 2.12 bits per heavy atom. The Hall–Kier alpha value is -2.80. The zero-order valence-corrected chi connectivity index (χ0v) is 13.7. The van der Waals surface area contributed by atoms with Crippen molar-refractivity contribution >= 4 is 17.2 Å². The van der Waals surface area contributed by atoms with Crippen molar-refractivity contribution in [3.63, 3.8) is 0 Å². The quantitative estimate of drug-likeness (QED) is 0.791. The number of ether oxygens (including phenoxy) is 1. The molecule has 0 saturated carbocycles. The lowest BCUT2D eigenvalue weighted by Gasteiger charge is -2.23. The van der Waals surface area contributed by atoms with Gasteiger partial charge in [-0.2, -0.15) is 5.10 Å². The topological polar surface area (TPSA) is 77.2 Å². The van der Waals surface area contributed by atoms with Gasteiger partial charge in [-0.05, 0) is 25.0 Å². The van der Waals surface area contributed by atoms with Crippen LogP contribution in [0.4, 0.5) is 5.95 Å². The Balaban J connectivity index is 0.00000168. The minimum absolute atomic E-state index is 0. The SMILES string of the molecule is C1=C(c2ccc3nccn3n2)c2cnc(NC3CCOCC3)nc2C1.[HH]. The van der Waals surface area contributed by atoms with Crippen LogP contribution in [0.1, 0.15) is 31.2 Å². The number of aromatic nitrogens is 5. The predicted octanol–water partition coefficient (Wildman–Crippen LogP) is 2.34. The molecular weight excluding hydrogens is 316 g/mol. The van der Waals surface area contributed by atoms with E-state index in [1.165, 1.54) is 0 Å². The van der Waals surface area contributed by atoms with Crippen LogP contribution in [-0.4, -0.2) is 43.8 Å². The maximum Gasteiger partial charge on any atom is 0.223 e. The predicted molar refractivity (Wildman–Crippen MR) is 95.4 cm³/mol. The van der Waals surface area contributed by atoms with Gasteiger partial charge in [-0.15, -0.1) is 0 Å². The first-order valence-corrected chi connectivity index (χ1v) is 8.58. The number of hydrogen-bond acceptors (Lipinski definition) is 6. The van der Waals surface area contributed by atoms with Crippen LogP contribution in [0.25, 0.3) is 11.2 Å². The van der Waals surface area contributed by atoms with Crippen LogP contribution >= 0.6 is 0 Å². The molecule has 3 aromatic heterocycles. The zero-order valence-electron chi connectivity index (χ0n) is 13.7. The summed E-state index contributed by atoms with van der Waals surface area (Å²) < 4.78 is 7.18. The van der Waals surface area contributed by atoms with Gasteiger partial charge in [0.2, 0.25) is 5.95 Å². The van der Waals surface area contributed by atoms with E-state index in [0.717, 1.165) is 60.6 Å². The van der Waals surface area contributed by atoms with Gasteiger partial charge in [-0.25, -0.2) is 19.5 Å². The Morgan fingerprint density at radius 1 is 1.20 bits per heavy atom. The summed E-state index contributed by atoms with van der Waals surface area (Å²) in [6, 6.07) is 4.37. The van der Waals surface area contributed by atoms with Gasteiger partial charge in [0.15, 0.2) is 5.65 Å². The van der Waals surface area contributed by atoms with Crippen LogP contribution in [-0.2, 0) is 11.2 Å². The summed E-state index contributed by atoms with van der Waals surface area (Å²) in [6.45, 7) is 1.60. The zero-order chi connectivity index (χ0) is 16.6. The number of nitrogens with one attached hydrogen (secondary N) is 1. The summed E-state index contributed by atoms with van der Waals surface area (Å²) in [5.41, 5.74) is 4.95. The van der Waals surface area contributed by atoms with Gasteiger partial charge >= 0.3 is 0 Å². The fraction of sp³-hybridized carbons (Fsp3) is 0.333. The molecule has 0 aromatic carbocycles. The fourth-order valence-corrected chi connectivity index (χ4v) is 3.40. The molecule has 25 heavy (non-hydrogen) atoms. The Morgan fingerprint density at radius 3 is 3.04 bits per heavy atom. The summed E-state index contributed by atoms with van der Waals surface area (Å²) in [4.78, 5) is 13.5. The summed E-state index contributed by atoms with van der Waals surface area (Å²) in [5, 5.41) is 8.07. The smallest absolute Gasteiger partial charge is 0.223 e. The lowest BCUT2D eigenvalue weighted by Crippen LogP contribution is -2.28. The normalized spacial score (nSPS) is 17.5. The number of rotatable bonds is 3. The maximum atomic E-state index is 5.40. The minimum Gasteiger partial charge on any atom is -0.381 e. The third-order valence-electron chi connectivity index (χ3n) is 4.74. The van der Waals surface area contributed by atoms with E-state index < -0.39 is 0 Å². The highest BCUT2D eigenvalue weighted by Gasteiger charge is 2.21. The molecule has 0 atom stereocenters. The van der Waals surface area contributed by atoms with E-state index >= 15 is 0 Å². The number of nitrogens with zero attached hydrogens (tertiary/aromatic N) is 5. The first-order chi connectivity index (χ1) is 12.4. The van der Waals surface area contributed by atoms with Crippen molar-refractivity contribution in [3.05, 3.63) is 53.8 Å². The summed E-state index contributed by atoms with van der Waals surface area (Å²) in [6.07, 6.45) is 10.5. The molecule has 4 heterocycles. The molecule has 1 aliphatic carbocycles. The molecule has 1 fully saturated rings. The molecule has 2 aliphatic rings. The Bertz CT molecular complexity index is 963. The highest BCUT2D eigenvalue weighted by molar-refractivity contribution is 5.82. The van der Waals surface area contributed by atoms with Crippen LogP contribution in [0.2, 0.25) is 0 Å². The summed E-state index contributed by atoms with van der Waals surface area (Å²) >= 11 is 0. The standard InChI is InChI=1S/C18H18N6O.H2/c1-2-15-14(11-20-18(22-15)21-12-5-9-25-10-6-12)13(1)16-3-4-17-19-7-8-24(17)23-16;/h1,3-4,7-8,11-12H,2,5-6,9-10H2,(H,20,21,22);1H. The molecular formula is C18H20N6O. The minimum atomic E-state index is 0. The first kappa shape index (κ1) is 14.5. The molecule has 0 spiro atoms. The van der Waals surface area contributed by atoms with E-state index in [9.17, 15) is 0 Å². The van der Waals surface area contributed by atoms with Crippen molar-refractivity contribution in [2.24, 2.45) is 0 Å². The van der Waals surface area contributed by atoms with Crippen molar-refractivity contribution < 1.29 is 6.16 Å². The number of anilines is 1. The monoisotopic (exact) mass is 336 g/mol. The van der Waals surface area contributed by atoms with Gasteiger partial charge in [0.25, 0.3) is 0 Å². The Kier molecular flexibility index (Phi) is 3.45. The van der Waals surface area contributed by atoms with Crippen molar-refractivity contribution in [2.75, 3.05) is 18.5 Å². The van der Waals surface area contributed by atoms with Crippen molar-refractivity contribution in [1.29, 1.82) is 0 Å². The average molecular weight is 336 g/mol. The number of fused-ring (bicyclic) bond motifs is 2. The van der Waals surface area contributed by atoms with Gasteiger partial charge in [0, 0.05) is 56.8 Å². The highest BCUT2D eigenvalue weighted by atomic mass is 16.5. The first-order valence-electron chi connectivity index (χ1n) is 8.58. The third-order valence-corrected chi connectivity index (χ3v) is 4.74. The van der Waals surface area contributed by atoms with Gasteiger partial charge < -0.3 is 10.1 Å². The van der Waals surface area contributed by atoms with E-state index in [1.807, 2.05) is 24.5 Å². The average Bonchev–Trinajstić information content (AvgIpc) is 3.28. The van der Waals surface area contributed by atoms with Gasteiger partial charge in [-0.1, -0.05) is 6.08 Å². The van der Waals surface area contributed by atoms with E-state index in [2.05, 4.69) is 26.5 Å². The third kappa shape index (κ3) is 2.66. The van der Waals surface area contributed by atoms with E-state index in [0.29, 0.717) is 12.0 Å². The molecule has 128 valence electrons. The second-order valence-electron chi connectivity index (χ2n) is 6.36. The fourth-order valence-electron chi connectivity index (χ4n) is 3.40. The molecule has 1 saturated heterocycles. The van der Waals surface area contributed by atoms with Crippen LogP contribution < -0.4 is 5.32 Å². The van der Waals surface area contributed by atoms with Crippen molar-refractivity contribution in [3.8, 4) is 0 Å².